The first-order valence-corrected chi connectivity index (χ1v) is 9.53. The van der Waals surface area contributed by atoms with E-state index in [1.807, 2.05) is 36.4 Å². The Morgan fingerprint density at radius 3 is 2.81 bits per heavy atom. The second-order valence-electron chi connectivity index (χ2n) is 6.57. The highest BCUT2D eigenvalue weighted by Gasteiger charge is 2.31. The molecule has 1 unspecified atom stereocenters. The smallest absolute Gasteiger partial charge is 0.258 e. The van der Waals surface area contributed by atoms with Crippen molar-refractivity contribution >= 4 is 21.8 Å². The van der Waals surface area contributed by atoms with Crippen molar-refractivity contribution in [3.8, 4) is 5.75 Å². The van der Waals surface area contributed by atoms with Gasteiger partial charge in [0.1, 0.15) is 5.75 Å². The van der Waals surface area contributed by atoms with Crippen LogP contribution in [0, 0.1) is 0 Å². The number of rotatable bonds is 7. The van der Waals surface area contributed by atoms with Gasteiger partial charge in [-0.2, -0.15) is 0 Å². The maximum atomic E-state index is 11.6. The Balaban J connectivity index is 1.61. The highest BCUT2D eigenvalue weighted by atomic mass is 79.9. The summed E-state index contributed by atoms with van der Waals surface area (Å²) in [6.45, 7) is 0.439. The summed E-state index contributed by atoms with van der Waals surface area (Å²) in [4.78, 5) is 11.6. The zero-order chi connectivity index (χ0) is 18.5. The summed E-state index contributed by atoms with van der Waals surface area (Å²) in [5, 5.41) is 13.7. The van der Waals surface area contributed by atoms with Crippen LogP contribution in [0.4, 0.5) is 0 Å². The highest BCUT2D eigenvalue weighted by Crippen LogP contribution is 2.36. The third-order valence-electron chi connectivity index (χ3n) is 4.59. The van der Waals surface area contributed by atoms with Gasteiger partial charge in [-0.1, -0.05) is 46.3 Å². The number of hydrogen-bond donors (Lipinski definition) is 3. The molecule has 6 heteroatoms. The van der Waals surface area contributed by atoms with Crippen LogP contribution in [0.15, 0.2) is 53.0 Å². The second kappa shape index (κ2) is 8.66. The number of carbonyl (C=O) groups excluding carboxylic acids is 1. The van der Waals surface area contributed by atoms with Gasteiger partial charge >= 0.3 is 0 Å². The molecule has 2 aromatic carbocycles. The zero-order valence-electron chi connectivity index (χ0n) is 14.4. The lowest BCUT2D eigenvalue weighted by molar-refractivity contribution is -0.125. The summed E-state index contributed by atoms with van der Waals surface area (Å²) in [6, 6.07) is 15.7. The van der Waals surface area contributed by atoms with Gasteiger partial charge in [0, 0.05) is 29.0 Å². The molecule has 0 saturated carbocycles. The van der Waals surface area contributed by atoms with Crippen molar-refractivity contribution in [2.75, 3.05) is 6.54 Å². The minimum Gasteiger partial charge on any atom is -0.480 e. The molecule has 0 saturated heterocycles. The third-order valence-corrected chi connectivity index (χ3v) is 5.09. The number of carbonyl (C=O) groups is 1. The van der Waals surface area contributed by atoms with E-state index in [2.05, 4.69) is 33.4 Å². The number of primary amides is 1. The Bertz CT molecular complexity index is 754. The molecule has 3 atom stereocenters. The van der Waals surface area contributed by atoms with E-state index in [-0.39, 0.29) is 6.04 Å². The molecule has 5 nitrogen and oxygen atoms in total. The number of aliphatic hydroxyl groups excluding tert-OH is 1. The fourth-order valence-corrected chi connectivity index (χ4v) is 3.55. The van der Waals surface area contributed by atoms with E-state index in [4.69, 9.17) is 10.5 Å². The van der Waals surface area contributed by atoms with Gasteiger partial charge < -0.3 is 20.9 Å². The number of amides is 1. The highest BCUT2D eigenvalue weighted by molar-refractivity contribution is 9.10. The summed E-state index contributed by atoms with van der Waals surface area (Å²) in [5.74, 6) is 0.175. The summed E-state index contributed by atoms with van der Waals surface area (Å²) in [5.41, 5.74) is 7.61. The Kier molecular flexibility index (Phi) is 6.29. The number of hydrogen-bond acceptors (Lipinski definition) is 4. The predicted octanol–water partition coefficient (Wildman–Crippen LogP) is 2.71. The summed E-state index contributed by atoms with van der Waals surface area (Å²) in [7, 11) is 0. The van der Waals surface area contributed by atoms with Crippen LogP contribution in [0.3, 0.4) is 0 Å². The van der Waals surface area contributed by atoms with Crippen LogP contribution in [0.1, 0.15) is 30.0 Å². The zero-order valence-corrected chi connectivity index (χ0v) is 16.0. The molecule has 2 aromatic rings. The van der Waals surface area contributed by atoms with Crippen molar-refractivity contribution in [1.82, 2.24) is 5.32 Å². The molecule has 1 aliphatic heterocycles. The van der Waals surface area contributed by atoms with Crippen molar-refractivity contribution in [2.24, 2.45) is 5.73 Å². The fourth-order valence-electron chi connectivity index (χ4n) is 3.17. The summed E-state index contributed by atoms with van der Waals surface area (Å²) in [6.07, 6.45) is 0.807. The van der Waals surface area contributed by atoms with Crippen LogP contribution in [-0.2, 0) is 11.2 Å². The Labute approximate surface area is 161 Å². The average molecular weight is 419 g/mol. The third kappa shape index (κ3) is 4.84. The molecule has 1 aliphatic rings. The van der Waals surface area contributed by atoms with Gasteiger partial charge in [0.15, 0.2) is 6.10 Å². The number of benzene rings is 2. The molecule has 0 aromatic heterocycles. The molecule has 0 bridgehead atoms. The molecule has 138 valence electrons. The normalized spacial score (nSPS) is 20.1. The molecule has 0 fully saturated rings. The lowest BCUT2D eigenvalue weighted by atomic mass is 9.95. The van der Waals surface area contributed by atoms with Crippen LogP contribution >= 0.6 is 15.9 Å². The van der Waals surface area contributed by atoms with E-state index in [0.29, 0.717) is 25.1 Å². The van der Waals surface area contributed by atoms with Crippen molar-refractivity contribution in [2.45, 2.75) is 37.5 Å². The number of aryl methyl sites for hydroxylation is 1. The van der Waals surface area contributed by atoms with Crippen molar-refractivity contribution in [1.29, 1.82) is 0 Å². The van der Waals surface area contributed by atoms with Crippen LogP contribution in [0.2, 0.25) is 0 Å². The van der Waals surface area contributed by atoms with E-state index < -0.39 is 18.1 Å². The minimum atomic E-state index is -0.664. The maximum Gasteiger partial charge on any atom is 0.258 e. The molecule has 1 heterocycles. The second-order valence-corrected chi connectivity index (χ2v) is 7.48. The quantitative estimate of drug-likeness (QED) is 0.645. The number of nitrogens with two attached hydrogens (primary N) is 1. The fraction of sp³-hybridized carbons (Fsp3) is 0.350. The van der Waals surface area contributed by atoms with E-state index in [9.17, 15) is 9.90 Å². The number of aliphatic hydroxyl groups is 1. The van der Waals surface area contributed by atoms with Gasteiger partial charge in [-0.05, 0) is 36.6 Å². The van der Waals surface area contributed by atoms with Crippen molar-refractivity contribution in [3.05, 3.63) is 64.1 Å². The molecule has 0 radical (unpaired) electrons. The molecule has 0 aliphatic carbocycles. The lowest BCUT2D eigenvalue weighted by Crippen LogP contribution is -2.42. The van der Waals surface area contributed by atoms with Crippen molar-refractivity contribution < 1.29 is 14.6 Å². The van der Waals surface area contributed by atoms with Crippen LogP contribution in [0.5, 0.6) is 5.75 Å². The lowest BCUT2D eigenvalue weighted by Gasteiger charge is -2.32. The van der Waals surface area contributed by atoms with E-state index in [1.54, 1.807) is 0 Å². The summed E-state index contributed by atoms with van der Waals surface area (Å²) < 4.78 is 6.63. The number of ether oxygens (including phenoxy) is 1. The Hall–Kier alpha value is -1.89. The minimum absolute atomic E-state index is 0.0971. The van der Waals surface area contributed by atoms with E-state index >= 15 is 0 Å². The Morgan fingerprint density at radius 2 is 2.08 bits per heavy atom. The monoisotopic (exact) mass is 418 g/mol. The van der Waals surface area contributed by atoms with Gasteiger partial charge in [-0.3, -0.25) is 4.79 Å². The molecular weight excluding hydrogens is 396 g/mol. The topological polar surface area (TPSA) is 84.6 Å². The standard InChI is InChI=1S/C20H23BrN2O3/c21-14-7-9-18-16(10-14)17(11-19(26-18)20(22)25)23-12-15(24)8-6-13-4-2-1-3-5-13/h1-5,7,9-10,15,17,19,23-24H,6,8,11-12H2,(H2,22,25)/t15-,17?,19+/m1/s1. The van der Waals surface area contributed by atoms with Crippen LogP contribution in [-0.4, -0.2) is 29.8 Å². The first-order valence-electron chi connectivity index (χ1n) is 8.73. The van der Waals surface area contributed by atoms with Crippen LogP contribution < -0.4 is 15.8 Å². The SMILES string of the molecule is NC(=O)[C@@H]1CC(NC[C@H](O)CCc2ccccc2)c2cc(Br)ccc2O1. The Morgan fingerprint density at radius 1 is 1.31 bits per heavy atom. The van der Waals surface area contributed by atoms with Gasteiger partial charge in [-0.25, -0.2) is 0 Å². The van der Waals surface area contributed by atoms with Gasteiger partial charge in [0.2, 0.25) is 0 Å². The van der Waals surface area contributed by atoms with Crippen LogP contribution in [0.25, 0.3) is 0 Å². The first-order chi connectivity index (χ1) is 12.5. The van der Waals surface area contributed by atoms with E-state index in [1.165, 1.54) is 5.56 Å². The molecular formula is C20H23BrN2O3. The predicted molar refractivity (Wildman–Crippen MR) is 104 cm³/mol. The summed E-state index contributed by atoms with van der Waals surface area (Å²) >= 11 is 3.47. The molecule has 0 spiro atoms. The van der Waals surface area contributed by atoms with Gasteiger partial charge in [0.25, 0.3) is 5.91 Å². The van der Waals surface area contributed by atoms with E-state index in [0.717, 1.165) is 16.5 Å². The molecule has 26 heavy (non-hydrogen) atoms. The number of halogens is 1. The largest absolute Gasteiger partial charge is 0.480 e. The van der Waals surface area contributed by atoms with Crippen molar-refractivity contribution in [3.63, 3.8) is 0 Å². The number of nitrogens with one attached hydrogen (secondary N) is 1. The average Bonchev–Trinajstić information content (AvgIpc) is 2.65. The van der Waals surface area contributed by atoms with Gasteiger partial charge in [-0.15, -0.1) is 0 Å². The molecule has 1 amide bonds. The molecule has 4 N–H and O–H groups in total. The maximum absolute atomic E-state index is 11.6. The molecule has 3 rings (SSSR count). The first kappa shape index (κ1) is 18.9. The van der Waals surface area contributed by atoms with Gasteiger partial charge in [0.05, 0.1) is 6.10 Å². The number of fused-ring (bicyclic) bond motifs is 1.